The van der Waals surface area contributed by atoms with Crippen LogP contribution in [-0.4, -0.2) is 40.1 Å². The fraction of sp³-hybridized carbons (Fsp3) is 0.256. The van der Waals surface area contributed by atoms with Gasteiger partial charge in [-0.2, -0.15) is 0 Å². The minimum absolute atomic E-state index is 0.0560. The van der Waals surface area contributed by atoms with Crippen molar-refractivity contribution in [2.45, 2.75) is 57.5 Å². The SMILES string of the molecule is Cc1noc(C)c1-c1cc(C2CCCN(C3(c4ccccc4)C(=O)Nc4ccc(-c5c(C)noc5C)cc43)C2)c2c(c1)C(N)(c1ccccc1)C(=O)N2. The number of carbonyl (C=O) groups excluding carboxylic acids is 2. The number of rotatable bonds is 6. The third kappa shape index (κ3) is 4.78. The molecular formula is C43H40N6O4. The van der Waals surface area contributed by atoms with Crippen LogP contribution in [0.25, 0.3) is 22.3 Å². The zero-order valence-electron chi connectivity index (χ0n) is 30.1. The average molecular weight is 705 g/mol. The maximum Gasteiger partial charge on any atom is 0.254 e. The Labute approximate surface area is 307 Å². The number of nitrogens with zero attached hydrogens (tertiary/aromatic N) is 3. The lowest BCUT2D eigenvalue weighted by Crippen LogP contribution is -2.55. The summed E-state index contributed by atoms with van der Waals surface area (Å²) in [5.74, 6) is 0.987. The highest BCUT2D eigenvalue weighted by Crippen LogP contribution is 2.52. The van der Waals surface area contributed by atoms with Gasteiger partial charge in [0.05, 0.1) is 17.1 Å². The van der Waals surface area contributed by atoms with E-state index in [0.29, 0.717) is 30.0 Å². The van der Waals surface area contributed by atoms with E-state index >= 15 is 0 Å². The van der Waals surface area contributed by atoms with E-state index in [4.69, 9.17) is 14.8 Å². The van der Waals surface area contributed by atoms with Crippen LogP contribution in [0.2, 0.25) is 0 Å². The van der Waals surface area contributed by atoms with Gasteiger partial charge in [0.15, 0.2) is 5.54 Å². The quantitative estimate of drug-likeness (QED) is 0.162. The van der Waals surface area contributed by atoms with Gasteiger partial charge in [-0.25, -0.2) is 0 Å². The summed E-state index contributed by atoms with van der Waals surface area (Å²) in [5, 5.41) is 14.9. The van der Waals surface area contributed by atoms with Crippen molar-refractivity contribution in [1.82, 2.24) is 15.2 Å². The molecule has 6 aromatic rings. The minimum atomic E-state index is -1.40. The van der Waals surface area contributed by atoms with Crippen molar-refractivity contribution in [2.75, 3.05) is 23.7 Å². The van der Waals surface area contributed by atoms with Gasteiger partial charge in [-0.05, 0) is 105 Å². The number of anilines is 2. The van der Waals surface area contributed by atoms with E-state index in [1.807, 2.05) is 107 Å². The number of hydrogen-bond donors (Lipinski definition) is 3. The number of amides is 2. The summed E-state index contributed by atoms with van der Waals surface area (Å²) >= 11 is 0. The second-order valence-corrected chi connectivity index (χ2v) is 14.6. The molecule has 0 bridgehead atoms. The summed E-state index contributed by atoms with van der Waals surface area (Å²) in [6.07, 6.45) is 1.68. The van der Waals surface area contributed by atoms with E-state index in [1.165, 1.54) is 0 Å². The number of aryl methyl sites for hydroxylation is 4. The second kappa shape index (κ2) is 12.1. The number of nitrogens with two attached hydrogens (primary N) is 1. The number of likely N-dealkylation sites (tertiary alicyclic amines) is 1. The molecule has 4 N–H and O–H groups in total. The molecular weight excluding hydrogens is 665 g/mol. The Kier molecular flexibility index (Phi) is 7.55. The molecule has 1 saturated heterocycles. The van der Waals surface area contributed by atoms with Crippen LogP contribution in [-0.2, 0) is 20.7 Å². The van der Waals surface area contributed by atoms with Gasteiger partial charge >= 0.3 is 0 Å². The lowest BCUT2D eigenvalue weighted by molar-refractivity contribution is -0.126. The first-order chi connectivity index (χ1) is 25.6. The van der Waals surface area contributed by atoms with Crippen LogP contribution in [0.5, 0.6) is 0 Å². The summed E-state index contributed by atoms with van der Waals surface area (Å²) in [5.41, 5.74) is 15.5. The zero-order valence-corrected chi connectivity index (χ0v) is 30.1. The molecule has 2 aromatic heterocycles. The normalized spacial score (nSPS) is 22.4. The second-order valence-electron chi connectivity index (χ2n) is 14.6. The van der Waals surface area contributed by atoms with E-state index in [2.05, 4.69) is 38.0 Å². The highest BCUT2D eigenvalue weighted by atomic mass is 16.5. The highest BCUT2D eigenvalue weighted by molar-refractivity contribution is 6.10. The van der Waals surface area contributed by atoms with Crippen LogP contribution in [0, 0.1) is 27.7 Å². The van der Waals surface area contributed by atoms with Crippen LogP contribution in [0.3, 0.4) is 0 Å². The van der Waals surface area contributed by atoms with E-state index in [-0.39, 0.29) is 17.7 Å². The standard InChI is InChI=1S/C43H40N6O4/c1-24-37(26(3)52-47-24)28-17-18-36-34(21-28)43(41(51)45-36,32-15-9-6-10-16-32)49-19-11-12-29(23-49)33-20-30(38-25(2)48-53-27(38)4)22-35-39(33)46-40(50)42(35,44)31-13-7-5-8-14-31/h5-10,13-18,20-22,29H,11-12,19,23,44H2,1-4H3,(H,45,51)(H,46,50). The molecule has 0 spiro atoms. The monoisotopic (exact) mass is 704 g/mol. The summed E-state index contributed by atoms with van der Waals surface area (Å²) in [7, 11) is 0. The Morgan fingerprint density at radius 2 is 1.36 bits per heavy atom. The maximum absolute atomic E-state index is 14.7. The third-order valence-electron chi connectivity index (χ3n) is 11.6. The molecule has 0 radical (unpaired) electrons. The van der Waals surface area contributed by atoms with E-state index < -0.39 is 11.1 Å². The van der Waals surface area contributed by atoms with Crippen LogP contribution in [0.1, 0.15) is 69.5 Å². The van der Waals surface area contributed by atoms with Gasteiger partial charge in [-0.3, -0.25) is 14.5 Å². The first kappa shape index (κ1) is 33.0. The Hall–Kier alpha value is -5.84. The Morgan fingerprint density at radius 1 is 0.736 bits per heavy atom. The minimum Gasteiger partial charge on any atom is -0.361 e. The lowest BCUT2D eigenvalue weighted by Gasteiger charge is -2.45. The van der Waals surface area contributed by atoms with E-state index in [1.54, 1.807) is 0 Å². The first-order valence-corrected chi connectivity index (χ1v) is 18.1. The van der Waals surface area contributed by atoms with Gasteiger partial charge in [0.1, 0.15) is 17.1 Å². The van der Waals surface area contributed by atoms with Crippen LogP contribution >= 0.6 is 0 Å². The molecule has 3 aliphatic heterocycles. The molecule has 10 heteroatoms. The number of carbonyl (C=O) groups is 2. The highest BCUT2D eigenvalue weighted by Gasteiger charge is 2.54. The fourth-order valence-corrected chi connectivity index (χ4v) is 9.13. The van der Waals surface area contributed by atoms with Crippen LogP contribution in [0.15, 0.2) is 100 Å². The predicted octanol–water partition coefficient (Wildman–Crippen LogP) is 7.46. The van der Waals surface area contributed by atoms with Crippen molar-refractivity contribution < 1.29 is 18.6 Å². The lowest BCUT2D eigenvalue weighted by atomic mass is 9.77. The molecule has 9 rings (SSSR count). The Balaban J connectivity index is 1.22. The molecule has 266 valence electrons. The average Bonchev–Trinajstić information content (AvgIpc) is 3.87. The van der Waals surface area contributed by atoms with E-state index in [0.717, 1.165) is 80.3 Å². The van der Waals surface area contributed by atoms with Crippen molar-refractivity contribution in [2.24, 2.45) is 5.73 Å². The Bertz CT molecular complexity index is 2400. The molecule has 3 unspecified atom stereocenters. The molecule has 3 atom stereocenters. The van der Waals surface area contributed by atoms with Crippen molar-refractivity contribution in [3.8, 4) is 22.3 Å². The van der Waals surface area contributed by atoms with E-state index in [9.17, 15) is 9.59 Å². The molecule has 2 amide bonds. The number of fused-ring (bicyclic) bond motifs is 2. The van der Waals surface area contributed by atoms with Crippen molar-refractivity contribution in [1.29, 1.82) is 0 Å². The molecule has 0 saturated carbocycles. The summed E-state index contributed by atoms with van der Waals surface area (Å²) < 4.78 is 11.2. The molecule has 10 nitrogen and oxygen atoms in total. The number of hydrogen-bond acceptors (Lipinski definition) is 8. The predicted molar refractivity (Wildman–Crippen MR) is 202 cm³/mol. The van der Waals surface area contributed by atoms with Gasteiger partial charge < -0.3 is 25.4 Å². The van der Waals surface area contributed by atoms with Gasteiger partial charge in [0, 0.05) is 34.5 Å². The smallest absolute Gasteiger partial charge is 0.254 e. The molecule has 0 aliphatic carbocycles. The fourth-order valence-electron chi connectivity index (χ4n) is 9.13. The number of nitrogens with one attached hydrogen (secondary N) is 2. The largest absolute Gasteiger partial charge is 0.361 e. The van der Waals surface area contributed by atoms with Crippen molar-refractivity contribution >= 4 is 23.2 Å². The maximum atomic E-state index is 14.7. The molecule has 3 aliphatic rings. The molecule has 53 heavy (non-hydrogen) atoms. The first-order valence-electron chi connectivity index (χ1n) is 18.1. The number of benzene rings is 4. The Morgan fingerprint density at radius 3 is 2.00 bits per heavy atom. The van der Waals surface area contributed by atoms with Gasteiger partial charge in [0.25, 0.3) is 11.8 Å². The van der Waals surface area contributed by atoms with Gasteiger partial charge in [-0.15, -0.1) is 0 Å². The third-order valence-corrected chi connectivity index (χ3v) is 11.6. The molecule has 5 heterocycles. The summed E-state index contributed by atoms with van der Waals surface area (Å²) in [6.45, 7) is 8.91. The van der Waals surface area contributed by atoms with Crippen molar-refractivity contribution in [3.63, 3.8) is 0 Å². The van der Waals surface area contributed by atoms with Gasteiger partial charge in [-0.1, -0.05) is 77.0 Å². The van der Waals surface area contributed by atoms with Gasteiger partial charge in [0.2, 0.25) is 0 Å². The van der Waals surface area contributed by atoms with Crippen LogP contribution < -0.4 is 16.4 Å². The number of piperidine rings is 1. The van der Waals surface area contributed by atoms with Crippen molar-refractivity contribution in [3.05, 3.63) is 142 Å². The molecule has 4 aromatic carbocycles. The number of aromatic nitrogens is 2. The summed E-state index contributed by atoms with van der Waals surface area (Å²) in [4.78, 5) is 31.1. The zero-order chi connectivity index (χ0) is 36.6. The van der Waals surface area contributed by atoms with Crippen LogP contribution in [0.4, 0.5) is 11.4 Å². The topological polar surface area (TPSA) is 140 Å². The molecule has 1 fully saturated rings. The summed E-state index contributed by atoms with van der Waals surface area (Å²) in [6, 6.07) is 29.8.